The number of nitrogens with zero attached hydrogens (tertiary/aromatic N) is 2. The summed E-state index contributed by atoms with van der Waals surface area (Å²) in [6, 6.07) is 10.4. The smallest absolute Gasteiger partial charge is 0.305 e. The van der Waals surface area contributed by atoms with Crippen LogP contribution in [0.5, 0.6) is 0 Å². The minimum atomic E-state index is -0.171. The van der Waals surface area contributed by atoms with Crippen LogP contribution in [-0.4, -0.2) is 17.7 Å². The van der Waals surface area contributed by atoms with Gasteiger partial charge in [-0.2, -0.15) is 0 Å². The van der Waals surface area contributed by atoms with E-state index in [9.17, 15) is 4.79 Å². The number of rotatable bonds is 5. The van der Waals surface area contributed by atoms with E-state index in [-0.39, 0.29) is 5.97 Å². The molecule has 0 spiro atoms. The van der Waals surface area contributed by atoms with Gasteiger partial charge in [0.1, 0.15) is 12.2 Å². The molecule has 23 heavy (non-hydrogen) atoms. The fourth-order valence-corrected chi connectivity index (χ4v) is 3.01. The van der Waals surface area contributed by atoms with Crippen molar-refractivity contribution in [2.45, 2.75) is 39.2 Å². The first-order valence-corrected chi connectivity index (χ1v) is 8.12. The van der Waals surface area contributed by atoms with Crippen molar-refractivity contribution in [1.82, 2.24) is 5.10 Å². The summed E-state index contributed by atoms with van der Waals surface area (Å²) in [5.41, 5.74) is 10.8. The van der Waals surface area contributed by atoms with Crippen molar-refractivity contribution in [3.63, 3.8) is 0 Å². The highest BCUT2D eigenvalue weighted by molar-refractivity contribution is 5.69. The molecule has 1 aromatic heterocycles. The Kier molecular flexibility index (Phi) is 4.55. The van der Waals surface area contributed by atoms with Gasteiger partial charge in [-0.25, -0.2) is 0 Å². The highest BCUT2D eigenvalue weighted by atomic mass is 16.5. The van der Waals surface area contributed by atoms with Crippen molar-refractivity contribution < 1.29 is 14.2 Å². The van der Waals surface area contributed by atoms with Gasteiger partial charge in [-0.3, -0.25) is 10.5 Å². The number of esters is 1. The molecule has 1 aliphatic carbocycles. The van der Waals surface area contributed by atoms with Crippen molar-refractivity contribution in [3.8, 4) is 11.3 Å². The van der Waals surface area contributed by atoms with Crippen molar-refractivity contribution in [2.24, 2.45) is 0 Å². The lowest BCUT2D eigenvalue weighted by Gasteiger charge is -2.18. The van der Waals surface area contributed by atoms with Crippen LogP contribution in [-0.2, 0) is 28.9 Å². The second-order valence-corrected chi connectivity index (χ2v) is 5.73. The summed E-state index contributed by atoms with van der Waals surface area (Å²) in [4.78, 5) is 11.4. The summed E-state index contributed by atoms with van der Waals surface area (Å²) >= 11 is 0. The molecule has 0 amide bonds. The Bertz CT molecular complexity index is 728. The van der Waals surface area contributed by atoms with Gasteiger partial charge in [0.15, 0.2) is 0 Å². The van der Waals surface area contributed by atoms with Gasteiger partial charge in [0, 0.05) is 18.1 Å². The Morgan fingerprint density at radius 2 is 2.09 bits per heavy atom. The Hall–Kier alpha value is -2.43. The molecule has 0 saturated carbocycles. The van der Waals surface area contributed by atoms with Gasteiger partial charge in [0.25, 0.3) is 5.82 Å². The van der Waals surface area contributed by atoms with Crippen LogP contribution in [0.25, 0.3) is 11.3 Å². The molecule has 2 N–H and O–H groups in total. The number of ether oxygens (including phenoxy) is 1. The largest absolute Gasteiger partial charge is 0.466 e. The molecule has 1 aliphatic rings. The molecule has 0 bridgehead atoms. The summed E-state index contributed by atoms with van der Waals surface area (Å²) in [5, 5.41) is 4.74. The highest BCUT2D eigenvalue weighted by Gasteiger charge is 2.21. The molecular weight excluding hydrogens is 290 g/mol. The highest BCUT2D eigenvalue weighted by Crippen LogP contribution is 2.31. The normalized spacial score (nSPS) is 12.4. The molecule has 0 aliphatic heterocycles. The van der Waals surface area contributed by atoms with Crippen molar-refractivity contribution in [2.75, 3.05) is 12.3 Å². The number of aryl methyl sites for hydroxylation is 3. The lowest BCUT2D eigenvalue weighted by atomic mass is 9.89. The Labute approximate surface area is 136 Å². The van der Waals surface area contributed by atoms with E-state index in [2.05, 4.69) is 18.2 Å². The molecule has 3 rings (SSSR count). The number of hydrogen-bond acceptors (Lipinski definition) is 4. The summed E-state index contributed by atoms with van der Waals surface area (Å²) in [6.45, 7) is 2.84. The Balaban J connectivity index is 1.80. The van der Waals surface area contributed by atoms with Crippen LogP contribution in [0.15, 0.2) is 30.3 Å². The van der Waals surface area contributed by atoms with E-state index in [4.69, 9.17) is 15.6 Å². The van der Waals surface area contributed by atoms with E-state index in [1.807, 2.05) is 19.1 Å². The number of carbonyl (C=O) groups excluding carboxylic acids is 1. The number of anilines is 1. The number of carbonyl (C=O) groups is 1. The van der Waals surface area contributed by atoms with E-state index < -0.39 is 0 Å². The molecule has 5 nitrogen and oxygen atoms in total. The molecule has 0 saturated heterocycles. The SMILES string of the molecule is CCOC(=O)CCC[n+]1nc2c(cc1N)CCc1ccccc1-2. The molecule has 0 unspecified atom stereocenters. The van der Waals surface area contributed by atoms with Gasteiger partial charge in [-0.05, 0) is 37.3 Å². The molecule has 5 heteroatoms. The van der Waals surface area contributed by atoms with E-state index >= 15 is 0 Å². The van der Waals surface area contributed by atoms with Crippen LogP contribution >= 0.6 is 0 Å². The number of benzene rings is 1. The van der Waals surface area contributed by atoms with Crippen molar-refractivity contribution in [1.29, 1.82) is 0 Å². The predicted octanol–water partition coefficient (Wildman–Crippen LogP) is 2.06. The fraction of sp³-hybridized carbons (Fsp3) is 0.389. The minimum Gasteiger partial charge on any atom is -0.466 e. The molecule has 2 aromatic rings. The van der Waals surface area contributed by atoms with E-state index in [1.165, 1.54) is 16.7 Å². The minimum absolute atomic E-state index is 0.171. The second-order valence-electron chi connectivity index (χ2n) is 5.73. The van der Waals surface area contributed by atoms with Gasteiger partial charge >= 0.3 is 5.97 Å². The zero-order valence-corrected chi connectivity index (χ0v) is 13.4. The first-order chi connectivity index (χ1) is 11.2. The standard InChI is InChI=1S/C18H21N3O2/c1-2-23-17(22)8-5-11-21-16(19)12-14-10-9-13-6-3-4-7-15(13)18(14)20-21/h3-4,6-7,12,19H,2,5,8-11H2,1H3/p+1. The van der Waals surface area contributed by atoms with Gasteiger partial charge in [0.2, 0.25) is 0 Å². The van der Waals surface area contributed by atoms with Gasteiger partial charge in [-0.1, -0.05) is 29.4 Å². The maximum absolute atomic E-state index is 11.4. The average Bonchev–Trinajstić information content (AvgIpc) is 2.55. The lowest BCUT2D eigenvalue weighted by Crippen LogP contribution is -2.42. The number of hydrogen-bond donors (Lipinski definition) is 1. The monoisotopic (exact) mass is 312 g/mol. The van der Waals surface area contributed by atoms with Gasteiger partial charge in [0.05, 0.1) is 6.61 Å². The quantitative estimate of drug-likeness (QED) is 0.678. The zero-order valence-electron chi connectivity index (χ0n) is 13.4. The third-order valence-electron chi connectivity index (χ3n) is 4.14. The van der Waals surface area contributed by atoms with Gasteiger partial charge < -0.3 is 4.74 Å². The van der Waals surface area contributed by atoms with Crippen LogP contribution in [0.1, 0.15) is 30.9 Å². The summed E-state index contributed by atoms with van der Waals surface area (Å²) in [7, 11) is 0. The molecule has 0 fully saturated rings. The van der Waals surface area contributed by atoms with Crippen LogP contribution in [0.2, 0.25) is 0 Å². The van der Waals surface area contributed by atoms with E-state index in [1.54, 1.807) is 4.68 Å². The second kappa shape index (κ2) is 6.77. The topological polar surface area (TPSA) is 69.1 Å². The van der Waals surface area contributed by atoms with Crippen LogP contribution in [0.3, 0.4) is 0 Å². The zero-order chi connectivity index (χ0) is 16.2. The number of fused-ring (bicyclic) bond motifs is 3. The third-order valence-corrected chi connectivity index (χ3v) is 4.14. The number of nitrogen functional groups attached to an aromatic ring is 1. The molecule has 120 valence electrons. The number of nitrogens with two attached hydrogens (primary N) is 1. The molecule has 0 radical (unpaired) electrons. The Morgan fingerprint density at radius 3 is 2.91 bits per heavy atom. The van der Waals surface area contributed by atoms with Gasteiger partial charge in [-0.15, -0.1) is 4.68 Å². The van der Waals surface area contributed by atoms with Crippen LogP contribution < -0.4 is 10.4 Å². The summed E-state index contributed by atoms with van der Waals surface area (Å²) in [5.74, 6) is 0.474. The molecule has 1 aromatic carbocycles. The maximum atomic E-state index is 11.4. The summed E-state index contributed by atoms with van der Waals surface area (Å²) in [6.07, 6.45) is 3.04. The van der Waals surface area contributed by atoms with Crippen molar-refractivity contribution >= 4 is 11.8 Å². The summed E-state index contributed by atoms with van der Waals surface area (Å²) < 4.78 is 6.74. The molecular formula is C18H22N3O2+. The van der Waals surface area contributed by atoms with E-state index in [0.717, 1.165) is 18.5 Å². The third kappa shape index (κ3) is 3.33. The van der Waals surface area contributed by atoms with Crippen LogP contribution in [0, 0.1) is 0 Å². The van der Waals surface area contributed by atoms with E-state index in [0.29, 0.717) is 31.8 Å². The van der Waals surface area contributed by atoms with Crippen molar-refractivity contribution in [3.05, 3.63) is 41.5 Å². The molecule has 1 heterocycles. The van der Waals surface area contributed by atoms with Crippen LogP contribution in [0.4, 0.5) is 5.82 Å². The average molecular weight is 312 g/mol. The fourth-order valence-electron chi connectivity index (χ4n) is 3.01. The predicted molar refractivity (Wildman–Crippen MR) is 87.6 cm³/mol. The maximum Gasteiger partial charge on any atom is 0.305 e. The molecule has 0 atom stereocenters. The first-order valence-electron chi connectivity index (χ1n) is 8.12. The first kappa shape index (κ1) is 15.5. The lowest BCUT2D eigenvalue weighted by molar-refractivity contribution is -0.739. The Morgan fingerprint density at radius 1 is 1.30 bits per heavy atom. The number of aromatic nitrogens is 2.